The highest BCUT2D eigenvalue weighted by molar-refractivity contribution is 6.07. The van der Waals surface area contributed by atoms with E-state index in [1.54, 1.807) is 0 Å². The highest BCUT2D eigenvalue weighted by atomic mass is 16.5. The molecule has 3 rings (SSSR count). The van der Waals surface area contributed by atoms with E-state index in [0.717, 1.165) is 16.2 Å². The Hall–Kier alpha value is -2.39. The Bertz CT molecular complexity index is 780. The van der Waals surface area contributed by atoms with Crippen LogP contribution in [-0.4, -0.2) is 12.5 Å². The van der Waals surface area contributed by atoms with Crippen molar-refractivity contribution in [1.29, 1.82) is 0 Å². The maximum Gasteiger partial charge on any atom is 0.312 e. The second-order valence-corrected chi connectivity index (χ2v) is 4.68. The molecule has 3 aromatic carbocycles. The average Bonchev–Trinajstić information content (AvgIpc) is 2.47. The topological polar surface area (TPSA) is 52.3 Å². The van der Waals surface area contributed by atoms with Gasteiger partial charge in [-0.1, -0.05) is 42.5 Å². The van der Waals surface area contributed by atoms with Crippen LogP contribution in [-0.2, 0) is 4.79 Å². The predicted octanol–water partition coefficient (Wildman–Crippen LogP) is 3.25. The van der Waals surface area contributed by atoms with Crippen molar-refractivity contribution in [2.45, 2.75) is 6.42 Å². The second kappa shape index (κ2) is 5.31. The third-order valence-electron chi connectivity index (χ3n) is 3.30. The van der Waals surface area contributed by atoms with Crippen LogP contribution >= 0.6 is 0 Å². The van der Waals surface area contributed by atoms with Crippen molar-refractivity contribution in [2.75, 3.05) is 6.54 Å². The van der Waals surface area contributed by atoms with Crippen molar-refractivity contribution in [1.82, 2.24) is 0 Å². The number of fused-ring (bicyclic) bond motifs is 3. The molecule has 100 valence electrons. The van der Waals surface area contributed by atoms with Gasteiger partial charge in [-0.2, -0.15) is 0 Å². The molecule has 0 radical (unpaired) electrons. The standard InChI is InChI=1S/C17H15NO2/c18-10-9-17(19)20-14-8-7-13-6-5-12-3-1-2-4-15(12)16(13)11-14/h1-8,11H,9-10,18H2. The molecule has 0 atom stereocenters. The van der Waals surface area contributed by atoms with E-state index in [0.29, 0.717) is 12.3 Å². The van der Waals surface area contributed by atoms with Crippen molar-refractivity contribution < 1.29 is 9.53 Å². The Morgan fingerprint density at radius 3 is 2.45 bits per heavy atom. The summed E-state index contributed by atoms with van der Waals surface area (Å²) < 4.78 is 5.29. The summed E-state index contributed by atoms with van der Waals surface area (Å²) in [6.07, 6.45) is 0.230. The fourth-order valence-electron chi connectivity index (χ4n) is 2.34. The molecule has 20 heavy (non-hydrogen) atoms. The number of ether oxygens (including phenoxy) is 1. The molecule has 0 saturated carbocycles. The Labute approximate surface area is 117 Å². The monoisotopic (exact) mass is 265 g/mol. The Morgan fingerprint density at radius 2 is 1.65 bits per heavy atom. The van der Waals surface area contributed by atoms with Gasteiger partial charge < -0.3 is 10.5 Å². The molecule has 0 unspecified atom stereocenters. The van der Waals surface area contributed by atoms with E-state index >= 15 is 0 Å². The fraction of sp³-hybridized carbons (Fsp3) is 0.118. The lowest BCUT2D eigenvalue weighted by atomic mass is 10.0. The summed E-state index contributed by atoms with van der Waals surface area (Å²) in [5.41, 5.74) is 5.35. The molecule has 3 nitrogen and oxygen atoms in total. The van der Waals surface area contributed by atoms with Crippen LogP contribution in [0.4, 0.5) is 0 Å². The number of carbonyl (C=O) groups is 1. The van der Waals surface area contributed by atoms with Crippen LogP contribution in [0.15, 0.2) is 54.6 Å². The summed E-state index contributed by atoms with van der Waals surface area (Å²) in [5, 5.41) is 4.54. The van der Waals surface area contributed by atoms with Gasteiger partial charge in [0.05, 0.1) is 6.42 Å². The first-order valence-corrected chi connectivity index (χ1v) is 6.60. The van der Waals surface area contributed by atoms with Gasteiger partial charge >= 0.3 is 5.97 Å². The van der Waals surface area contributed by atoms with E-state index in [-0.39, 0.29) is 12.4 Å². The summed E-state index contributed by atoms with van der Waals surface area (Å²) >= 11 is 0. The van der Waals surface area contributed by atoms with E-state index < -0.39 is 0 Å². The minimum absolute atomic E-state index is 0.230. The van der Waals surface area contributed by atoms with E-state index in [9.17, 15) is 4.79 Å². The summed E-state index contributed by atoms with van der Waals surface area (Å²) in [4.78, 5) is 11.5. The predicted molar refractivity (Wildman–Crippen MR) is 80.8 cm³/mol. The van der Waals surface area contributed by atoms with Crippen molar-refractivity contribution in [3.05, 3.63) is 54.6 Å². The van der Waals surface area contributed by atoms with Crippen LogP contribution in [0.1, 0.15) is 6.42 Å². The summed E-state index contributed by atoms with van der Waals surface area (Å²) in [6, 6.07) is 18.0. The van der Waals surface area contributed by atoms with Crippen molar-refractivity contribution in [2.24, 2.45) is 5.73 Å². The average molecular weight is 265 g/mol. The quantitative estimate of drug-likeness (QED) is 0.449. The molecule has 3 heteroatoms. The Morgan fingerprint density at radius 1 is 0.950 bits per heavy atom. The molecule has 0 spiro atoms. The van der Waals surface area contributed by atoms with Gasteiger partial charge in [0.1, 0.15) is 5.75 Å². The molecule has 0 aliphatic carbocycles. The van der Waals surface area contributed by atoms with Gasteiger partial charge in [-0.25, -0.2) is 0 Å². The molecule has 0 aliphatic rings. The number of nitrogens with two attached hydrogens (primary N) is 1. The van der Waals surface area contributed by atoms with Crippen molar-refractivity contribution in [3.63, 3.8) is 0 Å². The smallest absolute Gasteiger partial charge is 0.312 e. The first kappa shape index (κ1) is 12.6. The van der Waals surface area contributed by atoms with Crippen LogP contribution < -0.4 is 10.5 Å². The lowest BCUT2D eigenvalue weighted by Gasteiger charge is -2.07. The van der Waals surface area contributed by atoms with Crippen molar-refractivity contribution in [3.8, 4) is 5.75 Å². The van der Waals surface area contributed by atoms with E-state index in [1.165, 1.54) is 5.39 Å². The molecule has 0 bridgehead atoms. The van der Waals surface area contributed by atoms with Gasteiger partial charge in [0, 0.05) is 6.54 Å². The van der Waals surface area contributed by atoms with Gasteiger partial charge in [0.25, 0.3) is 0 Å². The van der Waals surface area contributed by atoms with Gasteiger partial charge in [-0.05, 0) is 33.7 Å². The van der Waals surface area contributed by atoms with Crippen LogP contribution in [0.3, 0.4) is 0 Å². The molecule has 0 saturated heterocycles. The summed E-state index contributed by atoms with van der Waals surface area (Å²) in [5.74, 6) is 0.263. The zero-order valence-corrected chi connectivity index (χ0v) is 11.0. The van der Waals surface area contributed by atoms with E-state index in [1.807, 2.05) is 30.3 Å². The molecule has 0 aromatic heterocycles. The van der Waals surface area contributed by atoms with E-state index in [4.69, 9.17) is 10.5 Å². The second-order valence-electron chi connectivity index (χ2n) is 4.68. The molecule has 2 N–H and O–H groups in total. The highest BCUT2D eigenvalue weighted by Gasteiger charge is 2.06. The highest BCUT2D eigenvalue weighted by Crippen LogP contribution is 2.28. The zero-order chi connectivity index (χ0) is 13.9. The van der Waals surface area contributed by atoms with Gasteiger partial charge in [0.2, 0.25) is 0 Å². The largest absolute Gasteiger partial charge is 0.426 e. The SMILES string of the molecule is NCCC(=O)Oc1ccc2ccc3ccccc3c2c1. The normalized spacial score (nSPS) is 10.8. The minimum Gasteiger partial charge on any atom is -0.426 e. The maximum absolute atomic E-state index is 11.5. The summed E-state index contributed by atoms with van der Waals surface area (Å²) in [7, 11) is 0. The number of hydrogen-bond donors (Lipinski definition) is 1. The van der Waals surface area contributed by atoms with E-state index in [2.05, 4.69) is 24.3 Å². The van der Waals surface area contributed by atoms with Gasteiger partial charge in [-0.3, -0.25) is 4.79 Å². The molecular weight excluding hydrogens is 250 g/mol. The first-order chi connectivity index (χ1) is 9.78. The van der Waals surface area contributed by atoms with Crippen LogP contribution in [0.2, 0.25) is 0 Å². The zero-order valence-electron chi connectivity index (χ0n) is 11.0. The molecule has 3 aromatic rings. The Kier molecular flexibility index (Phi) is 3.35. The Balaban J connectivity index is 2.09. The minimum atomic E-state index is -0.299. The van der Waals surface area contributed by atoms with Crippen LogP contribution in [0.5, 0.6) is 5.75 Å². The van der Waals surface area contributed by atoms with Gasteiger partial charge in [-0.15, -0.1) is 0 Å². The molecule has 0 amide bonds. The number of hydrogen-bond acceptors (Lipinski definition) is 3. The fourth-order valence-corrected chi connectivity index (χ4v) is 2.34. The molecule has 0 aliphatic heterocycles. The number of rotatable bonds is 3. The first-order valence-electron chi connectivity index (χ1n) is 6.60. The number of esters is 1. The lowest BCUT2D eigenvalue weighted by molar-refractivity contribution is -0.134. The number of carbonyl (C=O) groups excluding carboxylic acids is 1. The van der Waals surface area contributed by atoms with Crippen molar-refractivity contribution >= 4 is 27.5 Å². The third kappa shape index (κ3) is 2.36. The molecule has 0 heterocycles. The number of benzene rings is 3. The lowest BCUT2D eigenvalue weighted by Crippen LogP contribution is -2.13. The molecular formula is C17H15NO2. The maximum atomic E-state index is 11.5. The van der Waals surface area contributed by atoms with Gasteiger partial charge in [0.15, 0.2) is 0 Å². The molecule has 0 fully saturated rings. The third-order valence-corrected chi connectivity index (χ3v) is 3.30. The van der Waals surface area contributed by atoms with Crippen LogP contribution in [0.25, 0.3) is 21.5 Å². The summed E-state index contributed by atoms with van der Waals surface area (Å²) in [6.45, 7) is 0.301. The van der Waals surface area contributed by atoms with Crippen LogP contribution in [0, 0.1) is 0 Å².